The second kappa shape index (κ2) is 7.26. The molecule has 1 aromatic carbocycles. The molecule has 9 heteroatoms. The molecule has 1 amide bonds. The molecule has 106 valence electrons. The van der Waals surface area contributed by atoms with Crippen LogP contribution in [0.2, 0.25) is 0 Å². The quantitative estimate of drug-likeness (QED) is 0.626. The molecule has 0 atom stereocenters. The first kappa shape index (κ1) is 19.9. The zero-order valence-electron chi connectivity index (χ0n) is 11.6. The van der Waals surface area contributed by atoms with E-state index in [1.54, 1.807) is 20.8 Å². The number of carbonyl (C=O) groups is 1. The van der Waals surface area contributed by atoms with E-state index in [1.807, 2.05) is 0 Å². The van der Waals surface area contributed by atoms with Crippen molar-refractivity contribution in [3.63, 3.8) is 0 Å². The van der Waals surface area contributed by atoms with E-state index in [1.165, 1.54) is 0 Å². The van der Waals surface area contributed by atoms with E-state index in [0.29, 0.717) is 12.1 Å². The van der Waals surface area contributed by atoms with E-state index in [4.69, 9.17) is 4.74 Å². The summed E-state index contributed by atoms with van der Waals surface area (Å²) in [6.07, 6.45) is -0.864. The molecule has 1 aromatic rings. The Kier molecular flexibility index (Phi) is 7.23. The van der Waals surface area contributed by atoms with Gasteiger partial charge in [-0.3, -0.25) is 5.32 Å². The molecule has 1 N–H and O–H groups in total. The minimum atomic E-state index is -5.41. The van der Waals surface area contributed by atoms with Gasteiger partial charge in [0, 0.05) is 5.69 Å². The number of nitrogens with one attached hydrogen (secondary N) is 1. The van der Waals surface area contributed by atoms with Gasteiger partial charge in [-0.2, -0.15) is 0 Å². The molecule has 1 rings (SSSR count). The van der Waals surface area contributed by atoms with Crippen LogP contribution in [0.15, 0.2) is 18.2 Å². The predicted octanol–water partition coefficient (Wildman–Crippen LogP) is 0.231. The molecule has 0 heterocycles. The Hall–Kier alpha value is -0.0887. The summed E-state index contributed by atoms with van der Waals surface area (Å²) >= 11 is 0. The number of hydrogen-bond donors (Lipinski definition) is 1. The average Bonchev–Trinajstić information content (AvgIpc) is 2.11. The molecular formula is C11H13BF4KNO2. The first-order chi connectivity index (χ1) is 8.49. The van der Waals surface area contributed by atoms with Crippen LogP contribution in [-0.4, -0.2) is 18.7 Å². The van der Waals surface area contributed by atoms with Crippen molar-refractivity contribution in [1.29, 1.82) is 0 Å². The van der Waals surface area contributed by atoms with Gasteiger partial charge in [0.15, 0.2) is 0 Å². The second-order valence-corrected chi connectivity index (χ2v) is 4.94. The molecule has 0 saturated carbocycles. The monoisotopic (exact) mass is 317 g/mol. The van der Waals surface area contributed by atoms with Gasteiger partial charge in [-0.05, 0) is 32.9 Å². The van der Waals surface area contributed by atoms with Crippen molar-refractivity contribution < 1.29 is 78.3 Å². The summed E-state index contributed by atoms with van der Waals surface area (Å²) in [6, 6.07) is 2.16. The summed E-state index contributed by atoms with van der Waals surface area (Å²) in [6.45, 7) is -0.530. The summed E-state index contributed by atoms with van der Waals surface area (Å²) in [5.74, 6) is -1.43. The van der Waals surface area contributed by atoms with Crippen LogP contribution in [0.1, 0.15) is 20.8 Å². The van der Waals surface area contributed by atoms with Crippen LogP contribution < -0.4 is 62.2 Å². The summed E-state index contributed by atoms with van der Waals surface area (Å²) in [5, 5.41) is 2.16. The van der Waals surface area contributed by atoms with Gasteiger partial charge < -0.3 is 17.7 Å². The van der Waals surface area contributed by atoms with Crippen LogP contribution >= 0.6 is 0 Å². The number of rotatable bonds is 2. The number of amides is 1. The maximum atomic E-state index is 13.2. The second-order valence-electron chi connectivity index (χ2n) is 4.94. The molecule has 0 fully saturated rings. The largest absolute Gasteiger partial charge is 1.00 e. The first-order valence-electron chi connectivity index (χ1n) is 5.48. The number of benzene rings is 1. The van der Waals surface area contributed by atoms with Crippen LogP contribution in [0.4, 0.5) is 27.8 Å². The van der Waals surface area contributed by atoms with Crippen LogP contribution in [0.3, 0.4) is 0 Å². The Labute approximate surface area is 156 Å². The van der Waals surface area contributed by atoms with E-state index in [2.05, 4.69) is 5.32 Å². The maximum Gasteiger partial charge on any atom is 1.00 e. The maximum absolute atomic E-state index is 13.2. The first-order valence-corrected chi connectivity index (χ1v) is 5.48. The molecule has 0 radical (unpaired) electrons. The minimum Gasteiger partial charge on any atom is -0.445 e. The summed E-state index contributed by atoms with van der Waals surface area (Å²) < 4.78 is 55.3. The Morgan fingerprint density at radius 2 is 1.80 bits per heavy atom. The number of hydrogen-bond acceptors (Lipinski definition) is 2. The molecule has 3 nitrogen and oxygen atoms in total. The summed E-state index contributed by atoms with van der Waals surface area (Å²) in [7, 11) is 0. The SMILES string of the molecule is CC(C)(C)OC(=O)Nc1ccc([B-](F)(F)F)c(F)c1.[K+]. The Morgan fingerprint density at radius 1 is 1.25 bits per heavy atom. The van der Waals surface area contributed by atoms with Crippen molar-refractivity contribution in [1.82, 2.24) is 0 Å². The molecule has 0 aromatic heterocycles. The zero-order chi connectivity index (χ0) is 14.8. The van der Waals surface area contributed by atoms with Crippen molar-refractivity contribution in [2.24, 2.45) is 0 Å². The molecule has 0 saturated heterocycles. The molecule has 0 bridgehead atoms. The summed E-state index contributed by atoms with van der Waals surface area (Å²) in [5.41, 5.74) is -2.18. The fraction of sp³-hybridized carbons (Fsp3) is 0.364. The standard InChI is InChI=1S/C11H13BF4NO2.K/c1-11(2,3)19-10(18)17-7-4-5-8(9(13)6-7)12(14,15)16;/h4-6H,1-3H3,(H,17,18);/q-1;+1. The van der Waals surface area contributed by atoms with Crippen molar-refractivity contribution in [2.45, 2.75) is 26.4 Å². The number of halogens is 4. The number of anilines is 1. The molecule has 20 heavy (non-hydrogen) atoms. The molecule has 0 aliphatic heterocycles. The van der Waals surface area contributed by atoms with Gasteiger partial charge in [-0.1, -0.05) is 11.5 Å². The fourth-order valence-electron chi connectivity index (χ4n) is 1.29. The third kappa shape index (κ3) is 6.58. The van der Waals surface area contributed by atoms with Crippen LogP contribution in [0, 0.1) is 5.82 Å². The van der Waals surface area contributed by atoms with Crippen LogP contribution in [0.25, 0.3) is 0 Å². The minimum absolute atomic E-state index is 0. The molecule has 0 unspecified atom stereocenters. The molecule has 0 spiro atoms. The van der Waals surface area contributed by atoms with E-state index >= 15 is 0 Å². The van der Waals surface area contributed by atoms with Crippen molar-refractivity contribution in [3.05, 3.63) is 24.0 Å². The molecule has 0 aliphatic rings. The van der Waals surface area contributed by atoms with Crippen molar-refractivity contribution in [2.75, 3.05) is 5.32 Å². The predicted molar refractivity (Wildman–Crippen MR) is 65.0 cm³/mol. The van der Waals surface area contributed by atoms with Crippen LogP contribution in [-0.2, 0) is 4.74 Å². The van der Waals surface area contributed by atoms with Crippen molar-refractivity contribution >= 4 is 24.2 Å². The van der Waals surface area contributed by atoms with E-state index in [-0.39, 0.29) is 57.1 Å². The molecule has 0 aliphatic carbocycles. The normalized spacial score (nSPS) is 11.6. The van der Waals surface area contributed by atoms with E-state index < -0.39 is 30.0 Å². The average molecular weight is 317 g/mol. The van der Waals surface area contributed by atoms with Gasteiger partial charge in [0.2, 0.25) is 0 Å². The van der Waals surface area contributed by atoms with Gasteiger partial charge in [-0.25, -0.2) is 9.18 Å². The van der Waals surface area contributed by atoms with Gasteiger partial charge in [0.25, 0.3) is 0 Å². The van der Waals surface area contributed by atoms with Gasteiger partial charge in [0.1, 0.15) is 5.60 Å². The number of carbonyl (C=O) groups excluding carboxylic acids is 1. The Balaban J connectivity index is 0.00000361. The zero-order valence-corrected chi connectivity index (χ0v) is 14.8. The van der Waals surface area contributed by atoms with Crippen molar-refractivity contribution in [3.8, 4) is 0 Å². The third-order valence-corrected chi connectivity index (χ3v) is 2.00. The van der Waals surface area contributed by atoms with Gasteiger partial charge in [0.05, 0.1) is 5.82 Å². The summed E-state index contributed by atoms with van der Waals surface area (Å²) in [4.78, 5) is 11.3. The van der Waals surface area contributed by atoms with Crippen LogP contribution in [0.5, 0.6) is 0 Å². The Morgan fingerprint density at radius 3 is 2.20 bits per heavy atom. The topological polar surface area (TPSA) is 38.3 Å². The number of ether oxygens (including phenoxy) is 1. The van der Waals surface area contributed by atoms with Gasteiger partial charge in [-0.15, -0.1) is 0 Å². The van der Waals surface area contributed by atoms with E-state index in [0.717, 1.165) is 6.07 Å². The van der Waals surface area contributed by atoms with Gasteiger partial charge >= 0.3 is 64.5 Å². The molecular weight excluding hydrogens is 304 g/mol. The smallest absolute Gasteiger partial charge is 0.445 e. The fourth-order valence-corrected chi connectivity index (χ4v) is 1.29. The third-order valence-electron chi connectivity index (χ3n) is 2.00. The Bertz CT molecular complexity index is 488. The van der Waals surface area contributed by atoms with E-state index in [9.17, 15) is 22.1 Å².